The lowest BCUT2D eigenvalue weighted by molar-refractivity contribution is -0.137. The van der Waals surface area contributed by atoms with Crippen molar-refractivity contribution in [3.05, 3.63) is 59.3 Å². The molecule has 0 atom stereocenters. The number of carbonyl (C=O) groups excluding carboxylic acids is 1. The molecule has 1 aromatic carbocycles. The number of furan rings is 1. The van der Waals surface area contributed by atoms with Crippen molar-refractivity contribution in [3.63, 3.8) is 0 Å². The van der Waals surface area contributed by atoms with Crippen LogP contribution in [0.4, 0.5) is 36.2 Å². The maximum absolute atomic E-state index is 13.0. The zero-order valence-corrected chi connectivity index (χ0v) is 14.6. The van der Waals surface area contributed by atoms with Crippen molar-refractivity contribution in [2.24, 2.45) is 0 Å². The highest BCUT2D eigenvalue weighted by atomic mass is 35.5. The maximum atomic E-state index is 13.0. The third-order valence-corrected chi connectivity index (χ3v) is 3.79. The number of halogens is 4. The monoisotopic (exact) mass is 412 g/mol. The largest absolute Gasteiger partial charge is 0.459 e. The van der Waals surface area contributed by atoms with E-state index in [4.69, 9.17) is 21.8 Å². The van der Waals surface area contributed by atoms with Gasteiger partial charge < -0.3 is 15.5 Å². The van der Waals surface area contributed by atoms with Crippen molar-refractivity contribution in [1.29, 1.82) is 0 Å². The SMILES string of the molecule is Nc1c(NNC(=O)c2ccco2)ncnc1Nc1ccc(Cl)c(C(F)(F)F)c1. The fraction of sp³-hybridized carbons (Fsp3) is 0.0625. The molecule has 8 nitrogen and oxygen atoms in total. The number of anilines is 4. The number of nitrogens with zero attached hydrogens (tertiary/aromatic N) is 2. The predicted octanol–water partition coefficient (Wildman–Crippen LogP) is 3.82. The van der Waals surface area contributed by atoms with Crippen molar-refractivity contribution < 1.29 is 22.4 Å². The molecule has 0 saturated carbocycles. The summed E-state index contributed by atoms with van der Waals surface area (Å²) in [5, 5.41) is 2.23. The van der Waals surface area contributed by atoms with E-state index in [1.807, 2.05) is 0 Å². The van der Waals surface area contributed by atoms with Crippen molar-refractivity contribution in [2.75, 3.05) is 16.5 Å². The highest BCUT2D eigenvalue weighted by Crippen LogP contribution is 2.37. The van der Waals surface area contributed by atoms with Crippen LogP contribution in [-0.2, 0) is 6.18 Å². The van der Waals surface area contributed by atoms with E-state index < -0.39 is 22.7 Å². The van der Waals surface area contributed by atoms with Crippen LogP contribution < -0.4 is 21.9 Å². The van der Waals surface area contributed by atoms with Crippen LogP contribution in [0.1, 0.15) is 16.1 Å². The van der Waals surface area contributed by atoms with Crippen LogP contribution in [0.15, 0.2) is 47.3 Å². The first-order chi connectivity index (χ1) is 13.3. The minimum atomic E-state index is -4.62. The van der Waals surface area contributed by atoms with Crippen LogP contribution in [-0.4, -0.2) is 15.9 Å². The van der Waals surface area contributed by atoms with Crippen LogP contribution >= 0.6 is 11.6 Å². The number of nitrogens with two attached hydrogens (primary N) is 1. The summed E-state index contributed by atoms with van der Waals surface area (Å²) in [6, 6.07) is 6.26. The summed E-state index contributed by atoms with van der Waals surface area (Å²) >= 11 is 5.60. The second-order valence-electron chi connectivity index (χ2n) is 5.36. The summed E-state index contributed by atoms with van der Waals surface area (Å²) in [6.07, 6.45) is -2.17. The zero-order chi connectivity index (χ0) is 20.3. The summed E-state index contributed by atoms with van der Waals surface area (Å²) in [6.45, 7) is 0. The third-order valence-electron chi connectivity index (χ3n) is 3.46. The lowest BCUT2D eigenvalue weighted by Crippen LogP contribution is -2.30. The van der Waals surface area contributed by atoms with E-state index in [1.54, 1.807) is 0 Å². The van der Waals surface area contributed by atoms with Gasteiger partial charge >= 0.3 is 12.1 Å². The summed E-state index contributed by atoms with van der Waals surface area (Å²) in [5.74, 6) is -0.466. The lowest BCUT2D eigenvalue weighted by Gasteiger charge is -2.14. The number of benzene rings is 1. The molecular formula is C16H12ClF3N6O2. The predicted molar refractivity (Wildman–Crippen MR) is 96.0 cm³/mol. The van der Waals surface area contributed by atoms with Gasteiger partial charge in [0, 0.05) is 5.69 Å². The second-order valence-corrected chi connectivity index (χ2v) is 5.77. The number of hydrogen-bond acceptors (Lipinski definition) is 7. The molecule has 0 unspecified atom stereocenters. The van der Waals surface area contributed by atoms with E-state index in [1.165, 1.54) is 24.5 Å². The fourth-order valence-corrected chi connectivity index (χ4v) is 2.36. The van der Waals surface area contributed by atoms with Crippen LogP contribution in [0.25, 0.3) is 0 Å². The number of aromatic nitrogens is 2. The Balaban J connectivity index is 1.77. The molecule has 3 rings (SSSR count). The number of carbonyl (C=O) groups is 1. The van der Waals surface area contributed by atoms with Crippen LogP contribution in [0.2, 0.25) is 5.02 Å². The van der Waals surface area contributed by atoms with Crippen LogP contribution in [0.3, 0.4) is 0 Å². The molecule has 146 valence electrons. The van der Waals surface area contributed by atoms with Gasteiger partial charge in [-0.15, -0.1) is 0 Å². The molecule has 0 saturated heterocycles. The van der Waals surface area contributed by atoms with E-state index in [0.29, 0.717) is 0 Å². The molecule has 0 aliphatic carbocycles. The Bertz CT molecular complexity index is 995. The molecule has 0 aliphatic heterocycles. The van der Waals surface area contributed by atoms with E-state index >= 15 is 0 Å². The van der Waals surface area contributed by atoms with E-state index in [-0.39, 0.29) is 28.8 Å². The van der Waals surface area contributed by atoms with Gasteiger partial charge in [0.2, 0.25) is 0 Å². The topological polar surface area (TPSA) is 118 Å². The molecule has 28 heavy (non-hydrogen) atoms. The first kappa shape index (κ1) is 19.3. The molecule has 2 heterocycles. The lowest BCUT2D eigenvalue weighted by atomic mass is 10.2. The van der Waals surface area contributed by atoms with Crippen molar-refractivity contribution in [1.82, 2.24) is 15.4 Å². The summed E-state index contributed by atoms with van der Waals surface area (Å²) in [5.41, 5.74) is 9.76. The summed E-state index contributed by atoms with van der Waals surface area (Å²) in [7, 11) is 0. The van der Waals surface area contributed by atoms with E-state index in [9.17, 15) is 18.0 Å². The van der Waals surface area contributed by atoms with Gasteiger partial charge in [-0.25, -0.2) is 9.97 Å². The minimum Gasteiger partial charge on any atom is -0.459 e. The van der Waals surface area contributed by atoms with Gasteiger partial charge in [0.05, 0.1) is 16.8 Å². The normalized spacial score (nSPS) is 11.1. The molecule has 0 aliphatic rings. The molecule has 2 aromatic heterocycles. The van der Waals surface area contributed by atoms with Crippen molar-refractivity contribution in [2.45, 2.75) is 6.18 Å². The van der Waals surface area contributed by atoms with Gasteiger partial charge in [-0.3, -0.25) is 15.6 Å². The first-order valence-electron chi connectivity index (χ1n) is 7.60. The Morgan fingerprint density at radius 2 is 1.93 bits per heavy atom. The average Bonchev–Trinajstić information content (AvgIpc) is 3.17. The Morgan fingerprint density at radius 1 is 1.18 bits per heavy atom. The number of alkyl halides is 3. The summed E-state index contributed by atoms with van der Waals surface area (Å²) < 4.78 is 43.9. The molecule has 5 N–H and O–H groups in total. The molecule has 0 spiro atoms. The highest BCUT2D eigenvalue weighted by Gasteiger charge is 2.33. The molecule has 0 radical (unpaired) electrons. The Hall–Kier alpha value is -3.47. The third kappa shape index (κ3) is 4.26. The quantitative estimate of drug-likeness (QED) is 0.470. The molecule has 0 fully saturated rings. The van der Waals surface area contributed by atoms with Crippen LogP contribution in [0.5, 0.6) is 0 Å². The Kier molecular flexibility index (Phi) is 5.27. The van der Waals surface area contributed by atoms with Crippen molar-refractivity contribution in [3.8, 4) is 0 Å². The number of nitrogen functional groups attached to an aromatic ring is 1. The van der Waals surface area contributed by atoms with Gasteiger partial charge in [-0.1, -0.05) is 11.6 Å². The molecular weight excluding hydrogens is 401 g/mol. The van der Waals surface area contributed by atoms with Gasteiger partial charge in [-0.2, -0.15) is 13.2 Å². The number of amides is 1. The standard InChI is InChI=1S/C16H12ClF3N6O2/c17-10-4-3-8(6-9(10)16(18,19)20)24-13-12(21)14(23-7-22-13)25-26-15(27)11-2-1-5-28-11/h1-7H,21H2,(H,26,27)(H2,22,23,24,25). The Morgan fingerprint density at radius 3 is 2.61 bits per heavy atom. The van der Waals surface area contributed by atoms with Gasteiger partial charge in [0.1, 0.15) is 12.0 Å². The number of hydrazine groups is 1. The molecule has 1 amide bonds. The van der Waals surface area contributed by atoms with E-state index in [0.717, 1.165) is 18.5 Å². The van der Waals surface area contributed by atoms with E-state index in [2.05, 4.69) is 26.1 Å². The smallest absolute Gasteiger partial charge is 0.417 e. The number of nitrogens with one attached hydrogen (secondary N) is 3. The first-order valence-corrected chi connectivity index (χ1v) is 7.97. The Labute approximate surface area is 160 Å². The van der Waals surface area contributed by atoms with Gasteiger partial charge in [0.25, 0.3) is 0 Å². The minimum absolute atomic E-state index is 0.0280. The fourth-order valence-electron chi connectivity index (χ4n) is 2.14. The van der Waals surface area contributed by atoms with Gasteiger partial charge in [0.15, 0.2) is 17.4 Å². The second kappa shape index (κ2) is 7.64. The summed E-state index contributed by atoms with van der Waals surface area (Å²) in [4.78, 5) is 19.6. The van der Waals surface area contributed by atoms with Crippen molar-refractivity contribution >= 4 is 40.5 Å². The zero-order valence-electron chi connectivity index (χ0n) is 13.8. The number of rotatable bonds is 5. The van der Waals surface area contributed by atoms with Gasteiger partial charge in [-0.05, 0) is 30.3 Å². The highest BCUT2D eigenvalue weighted by molar-refractivity contribution is 6.31. The number of hydrogen-bond donors (Lipinski definition) is 4. The average molecular weight is 413 g/mol. The molecule has 12 heteroatoms. The van der Waals surface area contributed by atoms with Crippen LogP contribution in [0, 0.1) is 0 Å². The molecule has 3 aromatic rings. The molecule has 0 bridgehead atoms. The maximum Gasteiger partial charge on any atom is 0.417 e.